The van der Waals surface area contributed by atoms with Crippen LogP contribution in [0.4, 0.5) is 13.2 Å². The first-order valence-electron chi connectivity index (χ1n) is 2.73. The van der Waals surface area contributed by atoms with Gasteiger partial charge in [0.1, 0.15) is 6.17 Å². The van der Waals surface area contributed by atoms with E-state index in [0.717, 1.165) is 0 Å². The van der Waals surface area contributed by atoms with Gasteiger partial charge < -0.3 is 10.2 Å². The van der Waals surface area contributed by atoms with E-state index in [4.69, 9.17) is 10.2 Å². The van der Waals surface area contributed by atoms with E-state index >= 15 is 0 Å². The fourth-order valence-corrected chi connectivity index (χ4v) is 0.422. The summed E-state index contributed by atoms with van der Waals surface area (Å²) in [5, 5.41) is 16.0. The molecule has 0 saturated heterocycles. The number of hydrogen-bond donors (Lipinski definition) is 2. The molecule has 0 fully saturated rings. The Morgan fingerprint density at radius 3 is 2.00 bits per heavy atom. The van der Waals surface area contributed by atoms with Crippen LogP contribution >= 0.6 is 0 Å². The summed E-state index contributed by atoms with van der Waals surface area (Å²) in [6.45, 7) is 0.609. The van der Waals surface area contributed by atoms with Gasteiger partial charge in [-0.3, -0.25) is 0 Å². The lowest BCUT2D eigenvalue weighted by atomic mass is 10.1. The highest BCUT2D eigenvalue weighted by Gasteiger charge is 2.48. The number of halogens is 3. The van der Waals surface area contributed by atoms with Crippen LogP contribution in [0.5, 0.6) is 0 Å². The van der Waals surface area contributed by atoms with Crippen LogP contribution in [0.15, 0.2) is 0 Å². The van der Waals surface area contributed by atoms with E-state index in [0.29, 0.717) is 6.92 Å². The minimum atomic E-state index is -4.14. The average Bonchev–Trinajstić information content (AvgIpc) is 1.85. The molecule has 0 aromatic heterocycles. The Labute approximate surface area is 60.4 Å². The second-order valence-corrected chi connectivity index (χ2v) is 2.06. The lowest BCUT2D eigenvalue weighted by molar-refractivity contribution is -0.201. The third-order valence-corrected chi connectivity index (χ3v) is 1.07. The van der Waals surface area contributed by atoms with Crippen LogP contribution in [0.25, 0.3) is 0 Å². The third-order valence-electron chi connectivity index (χ3n) is 1.07. The van der Waals surface area contributed by atoms with Crippen molar-refractivity contribution >= 4 is 5.97 Å². The molecule has 3 atom stereocenters. The van der Waals surface area contributed by atoms with Crippen LogP contribution in [0, 0.1) is 0 Å². The van der Waals surface area contributed by atoms with Crippen LogP contribution < -0.4 is 0 Å². The lowest BCUT2D eigenvalue weighted by Gasteiger charge is -2.18. The normalized spacial score (nSPS) is 21.9. The first-order chi connectivity index (χ1) is 4.80. The standard InChI is InChI=1S/C5H7F3O3/c1-2(6)3(7)5(8,11)4(9)10/h2-3,11H,1H3,(H,9,10). The molecular formula is C5H7F3O3. The van der Waals surface area contributed by atoms with Crippen molar-refractivity contribution in [1.29, 1.82) is 0 Å². The van der Waals surface area contributed by atoms with E-state index in [2.05, 4.69) is 0 Å². The highest BCUT2D eigenvalue weighted by atomic mass is 19.2. The molecule has 0 aliphatic rings. The Hall–Kier alpha value is -0.780. The van der Waals surface area contributed by atoms with Gasteiger partial charge in [-0.25, -0.2) is 13.6 Å². The van der Waals surface area contributed by atoms with Crippen LogP contribution in [0.2, 0.25) is 0 Å². The van der Waals surface area contributed by atoms with Gasteiger partial charge in [-0.05, 0) is 6.92 Å². The Balaban J connectivity index is 4.42. The van der Waals surface area contributed by atoms with E-state index in [1.807, 2.05) is 0 Å². The van der Waals surface area contributed by atoms with Crippen molar-refractivity contribution in [2.75, 3.05) is 0 Å². The summed E-state index contributed by atoms with van der Waals surface area (Å²) >= 11 is 0. The zero-order chi connectivity index (χ0) is 9.23. The quantitative estimate of drug-likeness (QED) is 0.648. The van der Waals surface area contributed by atoms with Gasteiger partial charge in [0, 0.05) is 0 Å². The highest BCUT2D eigenvalue weighted by molar-refractivity contribution is 5.76. The number of hydrogen-bond acceptors (Lipinski definition) is 2. The first-order valence-corrected chi connectivity index (χ1v) is 2.73. The number of alkyl halides is 3. The second-order valence-electron chi connectivity index (χ2n) is 2.06. The van der Waals surface area contributed by atoms with Gasteiger partial charge >= 0.3 is 11.8 Å². The average molecular weight is 172 g/mol. The molecule has 0 aromatic carbocycles. The van der Waals surface area contributed by atoms with Crippen molar-refractivity contribution in [3.63, 3.8) is 0 Å². The summed E-state index contributed by atoms with van der Waals surface area (Å²) in [4.78, 5) is 9.74. The molecule has 11 heavy (non-hydrogen) atoms. The van der Waals surface area contributed by atoms with Crippen LogP contribution in [0.1, 0.15) is 6.92 Å². The molecule has 0 radical (unpaired) electrons. The molecule has 0 bridgehead atoms. The SMILES string of the molecule is CC(F)C(F)C(O)(F)C(=O)O. The molecule has 0 amide bonds. The van der Waals surface area contributed by atoms with Gasteiger partial charge in [0.05, 0.1) is 0 Å². The fourth-order valence-electron chi connectivity index (χ4n) is 0.422. The lowest BCUT2D eigenvalue weighted by Crippen LogP contribution is -2.46. The maximum atomic E-state index is 12.2. The number of carboxylic acid groups (broad SMARTS) is 1. The summed E-state index contributed by atoms with van der Waals surface area (Å²) in [5.74, 6) is -6.58. The van der Waals surface area contributed by atoms with E-state index in [1.54, 1.807) is 0 Å². The zero-order valence-electron chi connectivity index (χ0n) is 5.59. The number of carbonyl (C=O) groups is 1. The summed E-state index contributed by atoms with van der Waals surface area (Å²) in [6.07, 6.45) is -5.44. The molecule has 0 heterocycles. The fraction of sp³-hybridized carbons (Fsp3) is 0.800. The molecule has 6 heteroatoms. The van der Waals surface area contributed by atoms with Gasteiger partial charge in [-0.2, -0.15) is 4.39 Å². The largest absolute Gasteiger partial charge is 0.477 e. The van der Waals surface area contributed by atoms with Gasteiger partial charge in [0.2, 0.25) is 6.17 Å². The van der Waals surface area contributed by atoms with Crippen molar-refractivity contribution in [1.82, 2.24) is 0 Å². The molecule has 0 aromatic rings. The highest BCUT2D eigenvalue weighted by Crippen LogP contribution is 2.21. The van der Waals surface area contributed by atoms with E-state index in [-0.39, 0.29) is 0 Å². The molecule has 0 rings (SSSR count). The van der Waals surface area contributed by atoms with E-state index in [1.165, 1.54) is 0 Å². The van der Waals surface area contributed by atoms with Gasteiger partial charge in [0.15, 0.2) is 0 Å². The minimum Gasteiger partial charge on any atom is -0.477 e. The molecule has 2 N–H and O–H groups in total. The maximum Gasteiger partial charge on any atom is 0.372 e. The van der Waals surface area contributed by atoms with Crippen molar-refractivity contribution in [3.05, 3.63) is 0 Å². The molecule has 0 aliphatic carbocycles. The van der Waals surface area contributed by atoms with Crippen LogP contribution in [0.3, 0.4) is 0 Å². The summed E-state index contributed by atoms with van der Waals surface area (Å²) in [5.41, 5.74) is 0. The Morgan fingerprint density at radius 1 is 1.55 bits per heavy atom. The summed E-state index contributed by atoms with van der Waals surface area (Å²) < 4.78 is 36.3. The molecule has 0 saturated carbocycles. The van der Waals surface area contributed by atoms with E-state index in [9.17, 15) is 18.0 Å². The van der Waals surface area contributed by atoms with Crippen molar-refractivity contribution in [2.45, 2.75) is 25.1 Å². The Bertz CT molecular complexity index is 157. The van der Waals surface area contributed by atoms with Crippen LogP contribution in [-0.2, 0) is 4.79 Å². The van der Waals surface area contributed by atoms with Crippen molar-refractivity contribution in [3.8, 4) is 0 Å². The molecular weight excluding hydrogens is 165 g/mol. The van der Waals surface area contributed by atoms with Crippen LogP contribution in [-0.4, -0.2) is 34.4 Å². The molecule has 0 spiro atoms. The van der Waals surface area contributed by atoms with Gasteiger partial charge in [0.25, 0.3) is 0 Å². The number of carboxylic acids is 1. The minimum absolute atomic E-state index is 0.609. The Morgan fingerprint density at radius 2 is 1.91 bits per heavy atom. The third kappa shape index (κ3) is 2.07. The summed E-state index contributed by atoms with van der Waals surface area (Å²) in [6, 6.07) is 0. The summed E-state index contributed by atoms with van der Waals surface area (Å²) in [7, 11) is 0. The number of aliphatic hydroxyl groups is 1. The molecule has 3 nitrogen and oxygen atoms in total. The van der Waals surface area contributed by atoms with Gasteiger partial charge in [-0.1, -0.05) is 0 Å². The maximum absolute atomic E-state index is 12.2. The predicted molar refractivity (Wildman–Crippen MR) is 29.2 cm³/mol. The van der Waals surface area contributed by atoms with Gasteiger partial charge in [-0.15, -0.1) is 0 Å². The smallest absolute Gasteiger partial charge is 0.372 e. The van der Waals surface area contributed by atoms with E-state index < -0.39 is 24.2 Å². The Kier molecular flexibility index (Phi) is 2.86. The number of rotatable bonds is 3. The molecule has 3 unspecified atom stereocenters. The molecule has 66 valence electrons. The second kappa shape index (κ2) is 3.08. The number of aliphatic carboxylic acids is 1. The predicted octanol–water partition coefficient (Wildman–Crippen LogP) is 0.425. The molecule has 0 aliphatic heterocycles. The van der Waals surface area contributed by atoms with Crippen molar-refractivity contribution < 1.29 is 28.2 Å². The van der Waals surface area contributed by atoms with Crippen molar-refractivity contribution in [2.24, 2.45) is 0 Å². The monoisotopic (exact) mass is 172 g/mol. The zero-order valence-corrected chi connectivity index (χ0v) is 5.59. The topological polar surface area (TPSA) is 57.5 Å². The first kappa shape index (κ1) is 10.2.